The van der Waals surface area contributed by atoms with Crippen LogP contribution in [0.2, 0.25) is 0 Å². The zero-order valence-electron chi connectivity index (χ0n) is 13.9. The standard InChI is InChI=1S/C18H19NO5S2/c1-14-18(25(21,22)15-8-4-2-5-9-15)17(20)12-13-19(14)26(23,24)16-10-6-3-7-11-16/h2-11,17-18,20H,1,12-13H2. The molecule has 2 aromatic carbocycles. The van der Waals surface area contributed by atoms with Crippen LogP contribution in [-0.2, 0) is 19.9 Å². The van der Waals surface area contributed by atoms with E-state index in [9.17, 15) is 21.9 Å². The molecule has 0 aliphatic carbocycles. The summed E-state index contributed by atoms with van der Waals surface area (Å²) in [5, 5.41) is 8.91. The Morgan fingerprint density at radius 2 is 1.38 bits per heavy atom. The van der Waals surface area contributed by atoms with E-state index >= 15 is 0 Å². The highest BCUT2D eigenvalue weighted by Crippen LogP contribution is 2.34. The number of sulfonamides is 1. The van der Waals surface area contributed by atoms with Crippen molar-refractivity contribution in [3.63, 3.8) is 0 Å². The van der Waals surface area contributed by atoms with E-state index < -0.39 is 31.2 Å². The maximum Gasteiger partial charge on any atom is 0.264 e. The average molecular weight is 393 g/mol. The van der Waals surface area contributed by atoms with Crippen LogP contribution in [0.5, 0.6) is 0 Å². The van der Waals surface area contributed by atoms with Crippen LogP contribution in [0.1, 0.15) is 6.42 Å². The first-order valence-electron chi connectivity index (χ1n) is 8.00. The van der Waals surface area contributed by atoms with Gasteiger partial charge in [0.25, 0.3) is 10.0 Å². The molecule has 1 aliphatic rings. The Hall–Kier alpha value is -2.16. The third-order valence-corrected chi connectivity index (χ3v) is 8.41. The molecule has 1 fully saturated rings. The number of benzene rings is 2. The van der Waals surface area contributed by atoms with E-state index in [-0.39, 0.29) is 28.5 Å². The molecule has 1 heterocycles. The summed E-state index contributed by atoms with van der Waals surface area (Å²) in [4.78, 5) is 0.0672. The number of sulfone groups is 1. The van der Waals surface area contributed by atoms with Gasteiger partial charge in [-0.3, -0.25) is 4.31 Å². The van der Waals surface area contributed by atoms with Crippen molar-refractivity contribution in [2.24, 2.45) is 0 Å². The first kappa shape index (κ1) is 18.6. The molecule has 1 saturated heterocycles. The average Bonchev–Trinajstić information content (AvgIpc) is 2.63. The Morgan fingerprint density at radius 3 is 1.92 bits per heavy atom. The molecule has 2 unspecified atom stereocenters. The summed E-state index contributed by atoms with van der Waals surface area (Å²) >= 11 is 0. The van der Waals surface area contributed by atoms with Gasteiger partial charge in [0.2, 0.25) is 0 Å². The molecule has 2 atom stereocenters. The Labute approximate surface area is 153 Å². The molecule has 2 aromatic rings. The Kier molecular flexibility index (Phi) is 4.92. The first-order valence-corrected chi connectivity index (χ1v) is 11.0. The lowest BCUT2D eigenvalue weighted by Gasteiger charge is -2.38. The van der Waals surface area contributed by atoms with Gasteiger partial charge in [0.15, 0.2) is 9.84 Å². The third-order valence-electron chi connectivity index (χ3n) is 4.36. The fraction of sp³-hybridized carbons (Fsp3) is 0.222. The molecule has 0 bridgehead atoms. The van der Waals surface area contributed by atoms with Gasteiger partial charge in [-0.15, -0.1) is 0 Å². The summed E-state index contributed by atoms with van der Waals surface area (Å²) in [6, 6.07) is 15.4. The van der Waals surface area contributed by atoms with E-state index in [4.69, 9.17) is 0 Å². The lowest BCUT2D eigenvalue weighted by molar-refractivity contribution is 0.136. The van der Waals surface area contributed by atoms with E-state index in [2.05, 4.69) is 6.58 Å². The molecule has 6 nitrogen and oxygen atoms in total. The number of nitrogens with zero attached hydrogens (tertiary/aromatic N) is 1. The molecule has 0 saturated carbocycles. The summed E-state index contributed by atoms with van der Waals surface area (Å²) in [7, 11) is -7.94. The molecule has 0 amide bonds. The molecule has 3 rings (SSSR count). The highest BCUT2D eigenvalue weighted by molar-refractivity contribution is 7.92. The lowest BCUT2D eigenvalue weighted by Crippen LogP contribution is -2.49. The van der Waals surface area contributed by atoms with Crippen molar-refractivity contribution in [3.05, 3.63) is 72.9 Å². The van der Waals surface area contributed by atoms with Gasteiger partial charge in [-0.25, -0.2) is 16.8 Å². The molecule has 1 aliphatic heterocycles. The number of aliphatic hydroxyl groups excluding tert-OH is 1. The molecule has 8 heteroatoms. The summed E-state index contributed by atoms with van der Waals surface area (Å²) in [6.45, 7) is 3.69. The Balaban J connectivity index is 2.02. The van der Waals surface area contributed by atoms with Crippen LogP contribution >= 0.6 is 0 Å². The van der Waals surface area contributed by atoms with Gasteiger partial charge in [-0.1, -0.05) is 43.0 Å². The van der Waals surface area contributed by atoms with Crippen LogP contribution in [0.4, 0.5) is 0 Å². The van der Waals surface area contributed by atoms with Gasteiger partial charge >= 0.3 is 0 Å². The summed E-state index contributed by atoms with van der Waals surface area (Å²) in [5.41, 5.74) is -0.142. The Morgan fingerprint density at radius 1 is 0.885 bits per heavy atom. The lowest BCUT2D eigenvalue weighted by atomic mass is 10.1. The quantitative estimate of drug-likeness (QED) is 0.855. The normalized spacial score (nSPS) is 21.6. The minimum absolute atomic E-state index is 0.00180. The maximum atomic E-state index is 13.0. The second-order valence-corrected chi connectivity index (χ2v) is 9.95. The van der Waals surface area contributed by atoms with Crippen LogP contribution in [0.15, 0.2) is 82.7 Å². The van der Waals surface area contributed by atoms with Crippen LogP contribution in [0, 0.1) is 0 Å². The van der Waals surface area contributed by atoms with E-state index in [1.165, 1.54) is 24.3 Å². The SMILES string of the molecule is C=C1C(S(=O)(=O)c2ccccc2)C(O)CCN1S(=O)(=O)c1ccccc1. The highest BCUT2D eigenvalue weighted by atomic mass is 32.2. The molecular weight excluding hydrogens is 374 g/mol. The van der Waals surface area contributed by atoms with Crippen molar-refractivity contribution < 1.29 is 21.9 Å². The van der Waals surface area contributed by atoms with E-state index in [0.717, 1.165) is 4.31 Å². The fourth-order valence-electron chi connectivity index (χ4n) is 3.05. The minimum Gasteiger partial charge on any atom is -0.391 e. The van der Waals surface area contributed by atoms with Gasteiger partial charge in [-0.2, -0.15) is 0 Å². The summed E-state index contributed by atoms with van der Waals surface area (Å²) < 4.78 is 52.7. The van der Waals surface area contributed by atoms with Gasteiger partial charge in [0.1, 0.15) is 5.25 Å². The first-order chi connectivity index (χ1) is 12.3. The van der Waals surface area contributed by atoms with Crippen molar-refractivity contribution in [2.45, 2.75) is 27.6 Å². The van der Waals surface area contributed by atoms with Gasteiger partial charge < -0.3 is 5.11 Å². The zero-order valence-corrected chi connectivity index (χ0v) is 15.5. The van der Waals surface area contributed by atoms with E-state index in [1.807, 2.05) is 0 Å². The number of hydrogen-bond acceptors (Lipinski definition) is 5. The summed E-state index contributed by atoms with van der Waals surface area (Å²) in [5.74, 6) is 0. The predicted molar refractivity (Wildman–Crippen MR) is 97.5 cm³/mol. The van der Waals surface area contributed by atoms with Crippen molar-refractivity contribution in [1.82, 2.24) is 4.31 Å². The topological polar surface area (TPSA) is 91.8 Å². The minimum atomic E-state index is -3.99. The van der Waals surface area contributed by atoms with Crippen molar-refractivity contribution in [1.29, 1.82) is 0 Å². The Bertz CT molecular complexity index is 1000. The van der Waals surface area contributed by atoms with Crippen LogP contribution in [-0.4, -0.2) is 44.1 Å². The highest BCUT2D eigenvalue weighted by Gasteiger charge is 2.44. The summed E-state index contributed by atoms with van der Waals surface area (Å²) in [6.07, 6.45) is -1.23. The third kappa shape index (κ3) is 3.15. The number of piperidine rings is 1. The van der Waals surface area contributed by atoms with Crippen molar-refractivity contribution >= 4 is 19.9 Å². The van der Waals surface area contributed by atoms with Gasteiger partial charge in [0, 0.05) is 12.2 Å². The monoisotopic (exact) mass is 393 g/mol. The molecular formula is C18H19NO5S2. The predicted octanol–water partition coefficient (Wildman–Crippen LogP) is 1.80. The molecule has 1 N–H and O–H groups in total. The van der Waals surface area contributed by atoms with Crippen LogP contribution < -0.4 is 0 Å². The molecule has 26 heavy (non-hydrogen) atoms. The molecule has 138 valence electrons. The smallest absolute Gasteiger partial charge is 0.264 e. The second kappa shape index (κ2) is 6.86. The largest absolute Gasteiger partial charge is 0.391 e. The fourth-order valence-corrected chi connectivity index (χ4v) is 6.50. The molecule has 0 aromatic heterocycles. The molecule has 0 radical (unpaired) electrons. The number of hydrogen-bond donors (Lipinski definition) is 1. The zero-order chi connectivity index (χ0) is 18.9. The number of rotatable bonds is 4. The van der Waals surface area contributed by atoms with E-state index in [1.54, 1.807) is 36.4 Å². The van der Waals surface area contributed by atoms with Crippen molar-refractivity contribution in [2.75, 3.05) is 6.54 Å². The van der Waals surface area contributed by atoms with E-state index in [0.29, 0.717) is 0 Å². The molecule has 0 spiro atoms. The van der Waals surface area contributed by atoms with Gasteiger partial charge in [0.05, 0.1) is 15.9 Å². The van der Waals surface area contributed by atoms with Crippen molar-refractivity contribution in [3.8, 4) is 0 Å². The van der Waals surface area contributed by atoms with Gasteiger partial charge in [-0.05, 0) is 30.7 Å². The van der Waals surface area contributed by atoms with Crippen LogP contribution in [0.25, 0.3) is 0 Å². The van der Waals surface area contributed by atoms with Crippen LogP contribution in [0.3, 0.4) is 0 Å². The second-order valence-electron chi connectivity index (χ2n) is 6.02. The maximum absolute atomic E-state index is 13.0. The number of aliphatic hydroxyl groups is 1.